The number of nitrogens with two attached hydrogens (primary N) is 1. The first-order valence-electron chi connectivity index (χ1n) is 9.81. The van der Waals surface area contributed by atoms with Gasteiger partial charge in [-0.15, -0.1) is 5.11 Å². The molecule has 2 aromatic carbocycles. The van der Waals surface area contributed by atoms with Gasteiger partial charge >= 0.3 is 0 Å². The second-order valence-corrected chi connectivity index (χ2v) is 7.28. The molecule has 30 heavy (non-hydrogen) atoms. The van der Waals surface area contributed by atoms with Gasteiger partial charge < -0.3 is 15.5 Å². The minimum absolute atomic E-state index is 0.152. The lowest BCUT2D eigenvalue weighted by Gasteiger charge is -2.13. The SMILES string of the molecule is CCCCc1nc(Cl)c(CO)n1Cc1ccc(-c2ccccc2/C(N=N)=N/N)cc1. The zero-order valence-electron chi connectivity index (χ0n) is 16.8. The summed E-state index contributed by atoms with van der Waals surface area (Å²) in [6.07, 6.45) is 2.89. The topological polar surface area (TPSA) is 113 Å². The molecule has 0 atom stereocenters. The fourth-order valence-electron chi connectivity index (χ4n) is 3.43. The molecule has 0 aliphatic rings. The number of hydrogen-bond acceptors (Lipinski definition) is 5. The second kappa shape index (κ2) is 10.1. The summed E-state index contributed by atoms with van der Waals surface area (Å²) >= 11 is 6.24. The number of benzene rings is 2. The van der Waals surface area contributed by atoms with Gasteiger partial charge in [-0.3, -0.25) is 0 Å². The van der Waals surface area contributed by atoms with Gasteiger partial charge in [-0.05, 0) is 23.1 Å². The van der Waals surface area contributed by atoms with E-state index in [4.69, 9.17) is 23.0 Å². The molecule has 156 valence electrons. The van der Waals surface area contributed by atoms with Crippen LogP contribution in [-0.2, 0) is 19.6 Å². The molecule has 1 heterocycles. The molecular weight excluding hydrogens is 400 g/mol. The molecule has 0 saturated heterocycles. The van der Waals surface area contributed by atoms with Crippen molar-refractivity contribution in [2.24, 2.45) is 16.1 Å². The Morgan fingerprint density at radius 2 is 1.93 bits per heavy atom. The Balaban J connectivity index is 1.91. The lowest BCUT2D eigenvalue weighted by Crippen LogP contribution is -2.09. The lowest BCUT2D eigenvalue weighted by molar-refractivity contribution is 0.271. The number of imidazole rings is 1. The van der Waals surface area contributed by atoms with Gasteiger partial charge in [0.2, 0.25) is 0 Å². The quantitative estimate of drug-likeness (QED) is 0.159. The Kier molecular flexibility index (Phi) is 7.32. The average Bonchev–Trinajstić information content (AvgIpc) is 3.08. The number of aryl methyl sites for hydroxylation is 1. The van der Waals surface area contributed by atoms with Crippen LogP contribution in [-0.4, -0.2) is 20.5 Å². The predicted octanol–water partition coefficient (Wildman–Crippen LogP) is 4.74. The van der Waals surface area contributed by atoms with Gasteiger partial charge in [0.05, 0.1) is 12.3 Å². The van der Waals surface area contributed by atoms with Crippen LogP contribution in [0.4, 0.5) is 0 Å². The van der Waals surface area contributed by atoms with E-state index in [1.807, 2.05) is 53.1 Å². The summed E-state index contributed by atoms with van der Waals surface area (Å²) in [5.41, 5.74) is 11.6. The minimum Gasteiger partial charge on any atom is -0.390 e. The number of hydrogen-bond donors (Lipinski definition) is 3. The van der Waals surface area contributed by atoms with Crippen molar-refractivity contribution >= 4 is 17.4 Å². The van der Waals surface area contributed by atoms with Crippen LogP contribution in [0, 0.1) is 5.53 Å². The molecule has 1 aromatic heterocycles. The Bertz CT molecular complexity index is 1040. The third-order valence-electron chi connectivity index (χ3n) is 5.01. The summed E-state index contributed by atoms with van der Waals surface area (Å²) in [6, 6.07) is 15.7. The highest BCUT2D eigenvalue weighted by Crippen LogP contribution is 2.26. The monoisotopic (exact) mass is 424 g/mol. The highest BCUT2D eigenvalue weighted by atomic mass is 35.5. The van der Waals surface area contributed by atoms with Crippen molar-refractivity contribution in [1.29, 1.82) is 5.53 Å². The molecule has 0 saturated carbocycles. The van der Waals surface area contributed by atoms with Crippen LogP contribution >= 0.6 is 11.6 Å². The van der Waals surface area contributed by atoms with E-state index in [-0.39, 0.29) is 12.4 Å². The van der Waals surface area contributed by atoms with E-state index in [9.17, 15) is 5.11 Å². The van der Waals surface area contributed by atoms with E-state index >= 15 is 0 Å². The van der Waals surface area contributed by atoms with Gasteiger partial charge in [0.1, 0.15) is 5.82 Å². The molecule has 0 spiro atoms. The Morgan fingerprint density at radius 1 is 1.20 bits per heavy atom. The Hall–Kier alpha value is -3.03. The zero-order chi connectivity index (χ0) is 21.5. The maximum absolute atomic E-state index is 9.75. The number of nitrogens with one attached hydrogen (secondary N) is 1. The van der Waals surface area contributed by atoms with Crippen LogP contribution in [0.25, 0.3) is 11.1 Å². The van der Waals surface area contributed by atoms with Crippen LogP contribution in [0.1, 0.15) is 42.4 Å². The Labute approximate surface area is 180 Å². The number of hydrazone groups is 1. The maximum Gasteiger partial charge on any atom is 0.200 e. The zero-order valence-corrected chi connectivity index (χ0v) is 17.6. The fraction of sp³-hybridized carbons (Fsp3) is 0.273. The summed E-state index contributed by atoms with van der Waals surface area (Å²) in [5.74, 6) is 6.45. The van der Waals surface area contributed by atoms with Gasteiger partial charge in [0.15, 0.2) is 11.0 Å². The number of aliphatic hydroxyl groups excluding tert-OH is 1. The second-order valence-electron chi connectivity index (χ2n) is 6.92. The molecule has 0 aliphatic heterocycles. The number of halogens is 1. The maximum atomic E-state index is 9.75. The molecule has 7 nitrogen and oxygen atoms in total. The number of rotatable bonds is 8. The molecule has 0 bridgehead atoms. The molecule has 0 radical (unpaired) electrons. The van der Waals surface area contributed by atoms with Crippen LogP contribution in [0.15, 0.2) is 58.7 Å². The third-order valence-corrected chi connectivity index (χ3v) is 5.31. The first-order chi connectivity index (χ1) is 14.6. The number of nitrogens with zero attached hydrogens (tertiary/aromatic N) is 4. The molecule has 0 unspecified atom stereocenters. The van der Waals surface area contributed by atoms with E-state index in [0.29, 0.717) is 23.0 Å². The van der Waals surface area contributed by atoms with Gasteiger partial charge in [-0.1, -0.05) is 73.5 Å². The number of aromatic nitrogens is 2. The third kappa shape index (κ3) is 4.58. The van der Waals surface area contributed by atoms with Crippen LogP contribution in [0.2, 0.25) is 5.15 Å². The van der Waals surface area contributed by atoms with Crippen molar-refractivity contribution < 1.29 is 5.11 Å². The van der Waals surface area contributed by atoms with Crippen molar-refractivity contribution in [1.82, 2.24) is 9.55 Å². The first-order valence-corrected chi connectivity index (χ1v) is 10.2. The average molecular weight is 425 g/mol. The van der Waals surface area contributed by atoms with E-state index < -0.39 is 0 Å². The summed E-state index contributed by atoms with van der Waals surface area (Å²) in [7, 11) is 0. The molecule has 0 fully saturated rings. The predicted molar refractivity (Wildman–Crippen MR) is 119 cm³/mol. The van der Waals surface area contributed by atoms with Crippen LogP contribution < -0.4 is 5.84 Å². The number of amidine groups is 1. The van der Waals surface area contributed by atoms with Crippen LogP contribution in [0.5, 0.6) is 0 Å². The lowest BCUT2D eigenvalue weighted by atomic mass is 9.98. The highest BCUT2D eigenvalue weighted by molar-refractivity contribution is 6.30. The minimum atomic E-state index is -0.152. The number of aliphatic hydroxyl groups is 1. The van der Waals surface area contributed by atoms with Crippen LogP contribution in [0.3, 0.4) is 0 Å². The standard InChI is InChI=1S/C22H25ClN6O/c1-2-3-8-20-26-21(23)19(14-30)29(20)13-15-9-11-16(12-10-15)17-6-4-5-7-18(17)22(27-24)28-25/h4-7,9-12,24,30H,2-3,8,13-14,25H2,1H3/b27-24?,28-22-. The first kappa shape index (κ1) is 21.7. The summed E-state index contributed by atoms with van der Waals surface area (Å²) < 4.78 is 2.00. The van der Waals surface area contributed by atoms with E-state index in [0.717, 1.165) is 41.8 Å². The molecule has 4 N–H and O–H groups in total. The smallest absolute Gasteiger partial charge is 0.200 e. The number of unbranched alkanes of at least 4 members (excludes halogenated alkanes) is 1. The van der Waals surface area contributed by atoms with Crippen molar-refractivity contribution in [3.8, 4) is 11.1 Å². The van der Waals surface area contributed by atoms with Crippen molar-refractivity contribution in [3.05, 3.63) is 76.3 Å². The molecule has 0 aliphatic carbocycles. The van der Waals surface area contributed by atoms with Crippen molar-refractivity contribution in [2.75, 3.05) is 0 Å². The van der Waals surface area contributed by atoms with E-state index in [1.165, 1.54) is 0 Å². The summed E-state index contributed by atoms with van der Waals surface area (Å²) in [5, 5.41) is 17.1. The fourth-order valence-corrected chi connectivity index (χ4v) is 3.69. The van der Waals surface area contributed by atoms with Gasteiger partial charge in [0, 0.05) is 18.5 Å². The van der Waals surface area contributed by atoms with E-state index in [1.54, 1.807) is 0 Å². The molecule has 3 aromatic rings. The summed E-state index contributed by atoms with van der Waals surface area (Å²) in [6.45, 7) is 2.56. The normalized spacial score (nSPS) is 11.6. The summed E-state index contributed by atoms with van der Waals surface area (Å²) in [4.78, 5) is 4.45. The van der Waals surface area contributed by atoms with Crippen molar-refractivity contribution in [3.63, 3.8) is 0 Å². The van der Waals surface area contributed by atoms with Gasteiger partial charge in [0.25, 0.3) is 0 Å². The van der Waals surface area contributed by atoms with Crippen molar-refractivity contribution in [2.45, 2.75) is 39.3 Å². The molecule has 3 rings (SSSR count). The largest absolute Gasteiger partial charge is 0.390 e. The van der Waals surface area contributed by atoms with E-state index in [2.05, 4.69) is 22.1 Å². The molecule has 8 heteroatoms. The molecular formula is C22H25ClN6O. The Morgan fingerprint density at radius 3 is 2.57 bits per heavy atom. The van der Waals surface area contributed by atoms with Gasteiger partial charge in [-0.2, -0.15) is 5.10 Å². The molecule has 0 amide bonds. The van der Waals surface area contributed by atoms with Gasteiger partial charge in [-0.25, -0.2) is 10.5 Å². The highest BCUT2D eigenvalue weighted by Gasteiger charge is 2.16.